The van der Waals surface area contributed by atoms with Gasteiger partial charge in [0.25, 0.3) is 5.78 Å². The zero-order valence-corrected chi connectivity index (χ0v) is 11.2. The summed E-state index contributed by atoms with van der Waals surface area (Å²) in [4.78, 5) is 23.2. The molecule has 0 spiro atoms. The summed E-state index contributed by atoms with van der Waals surface area (Å²) in [6, 6.07) is 8.33. The highest BCUT2D eigenvalue weighted by molar-refractivity contribution is 6.40. The van der Waals surface area contributed by atoms with E-state index in [1.807, 2.05) is 0 Å². The highest BCUT2D eigenvalue weighted by Gasteiger charge is 2.18. The minimum atomic E-state index is -0.857. The van der Waals surface area contributed by atoms with Crippen molar-refractivity contribution in [2.45, 2.75) is 25.6 Å². The lowest BCUT2D eigenvalue weighted by molar-refractivity contribution is -0.172. The molecule has 2 rings (SSSR count). The molecule has 0 radical (unpaired) electrons. The second-order valence-electron chi connectivity index (χ2n) is 4.50. The molecule has 1 aliphatic heterocycles. The fraction of sp³-hybridized carbons (Fsp3) is 0.467. The molecule has 0 saturated carbocycles. The maximum Gasteiger partial charge on any atom is 0.379 e. The van der Waals surface area contributed by atoms with Crippen LogP contribution in [0.3, 0.4) is 0 Å². The molecule has 0 bridgehead atoms. The van der Waals surface area contributed by atoms with Crippen LogP contribution >= 0.6 is 0 Å². The Balaban J connectivity index is 1.66. The molecule has 1 aliphatic rings. The second kappa shape index (κ2) is 7.77. The van der Waals surface area contributed by atoms with E-state index in [4.69, 9.17) is 14.2 Å². The van der Waals surface area contributed by atoms with Gasteiger partial charge in [-0.25, -0.2) is 4.79 Å². The number of Topliss-reactive ketones (excluding diaryl/α,β-unsaturated/α-hetero) is 1. The van der Waals surface area contributed by atoms with Gasteiger partial charge in [-0.1, -0.05) is 30.3 Å². The van der Waals surface area contributed by atoms with Gasteiger partial charge < -0.3 is 14.2 Å². The maximum atomic E-state index is 11.7. The summed E-state index contributed by atoms with van der Waals surface area (Å²) in [6.45, 7) is 0.993. The second-order valence-corrected chi connectivity index (χ2v) is 4.50. The predicted molar refractivity (Wildman–Crippen MR) is 71.3 cm³/mol. The Bertz CT molecular complexity index is 437. The molecular formula is C15H18O5. The summed E-state index contributed by atoms with van der Waals surface area (Å²) in [5, 5.41) is 0. The molecule has 1 fully saturated rings. The van der Waals surface area contributed by atoms with Crippen LogP contribution in [0.1, 0.15) is 29.6 Å². The molecular weight excluding hydrogens is 260 g/mol. The van der Waals surface area contributed by atoms with Gasteiger partial charge >= 0.3 is 5.97 Å². The van der Waals surface area contributed by atoms with Crippen LogP contribution < -0.4 is 0 Å². The van der Waals surface area contributed by atoms with E-state index in [9.17, 15) is 9.59 Å². The van der Waals surface area contributed by atoms with E-state index in [1.165, 1.54) is 0 Å². The monoisotopic (exact) mass is 278 g/mol. The first-order valence-corrected chi connectivity index (χ1v) is 6.77. The van der Waals surface area contributed by atoms with Crippen LogP contribution in [0, 0.1) is 0 Å². The number of esters is 1. The van der Waals surface area contributed by atoms with E-state index in [2.05, 4.69) is 0 Å². The van der Waals surface area contributed by atoms with Gasteiger partial charge in [-0.2, -0.15) is 0 Å². The summed E-state index contributed by atoms with van der Waals surface area (Å²) in [5.74, 6) is -1.50. The van der Waals surface area contributed by atoms with E-state index in [1.54, 1.807) is 30.3 Å². The van der Waals surface area contributed by atoms with E-state index in [-0.39, 0.29) is 19.5 Å². The lowest BCUT2D eigenvalue weighted by Crippen LogP contribution is -2.25. The van der Waals surface area contributed by atoms with Crippen molar-refractivity contribution in [1.82, 2.24) is 0 Å². The standard InChI is InChI=1S/C15H18O5/c16-14(12-6-2-1-3-7-12)15(17)20-11-10-19-13-8-4-5-9-18-13/h1-3,6-7,13H,4-5,8-11H2. The average molecular weight is 278 g/mol. The van der Waals surface area contributed by atoms with Crippen molar-refractivity contribution in [2.75, 3.05) is 19.8 Å². The van der Waals surface area contributed by atoms with Gasteiger partial charge in [0.05, 0.1) is 6.61 Å². The van der Waals surface area contributed by atoms with Crippen molar-refractivity contribution >= 4 is 11.8 Å². The quantitative estimate of drug-likeness (QED) is 0.344. The third-order valence-corrected chi connectivity index (χ3v) is 2.98. The van der Waals surface area contributed by atoms with Gasteiger partial charge in [0.15, 0.2) is 6.29 Å². The Morgan fingerprint density at radius 2 is 1.95 bits per heavy atom. The number of carbonyl (C=O) groups excluding carboxylic acids is 2. The molecule has 0 aliphatic carbocycles. The van der Waals surface area contributed by atoms with Gasteiger partial charge in [0, 0.05) is 12.2 Å². The zero-order chi connectivity index (χ0) is 14.2. The number of rotatable bonds is 6. The highest BCUT2D eigenvalue weighted by atomic mass is 16.7. The van der Waals surface area contributed by atoms with Gasteiger partial charge in [-0.3, -0.25) is 4.79 Å². The normalized spacial score (nSPS) is 18.5. The number of hydrogen-bond donors (Lipinski definition) is 0. The Labute approximate surface area is 117 Å². The van der Waals surface area contributed by atoms with Gasteiger partial charge in [-0.05, 0) is 19.3 Å². The first-order valence-electron chi connectivity index (χ1n) is 6.77. The molecule has 1 unspecified atom stereocenters. The minimum Gasteiger partial charge on any atom is -0.457 e. The van der Waals surface area contributed by atoms with Crippen molar-refractivity contribution in [2.24, 2.45) is 0 Å². The van der Waals surface area contributed by atoms with E-state index >= 15 is 0 Å². The lowest BCUT2D eigenvalue weighted by Gasteiger charge is -2.22. The molecule has 1 atom stereocenters. The molecule has 108 valence electrons. The number of hydrogen-bond acceptors (Lipinski definition) is 5. The molecule has 1 saturated heterocycles. The van der Waals surface area contributed by atoms with E-state index < -0.39 is 11.8 Å². The minimum absolute atomic E-state index is 0.0528. The highest BCUT2D eigenvalue weighted by Crippen LogP contribution is 2.13. The predicted octanol–water partition coefficient (Wildman–Crippen LogP) is 1.96. The van der Waals surface area contributed by atoms with Crippen molar-refractivity contribution in [3.8, 4) is 0 Å². The Hall–Kier alpha value is -1.72. The van der Waals surface area contributed by atoms with Gasteiger partial charge in [0.1, 0.15) is 6.61 Å². The van der Waals surface area contributed by atoms with Crippen LogP contribution in [0.5, 0.6) is 0 Å². The van der Waals surface area contributed by atoms with Crippen molar-refractivity contribution in [3.05, 3.63) is 35.9 Å². The molecule has 1 heterocycles. The van der Waals surface area contributed by atoms with Crippen molar-refractivity contribution in [1.29, 1.82) is 0 Å². The summed E-state index contributed by atoms with van der Waals surface area (Å²) in [7, 11) is 0. The molecule has 0 amide bonds. The third kappa shape index (κ3) is 4.43. The van der Waals surface area contributed by atoms with Gasteiger partial charge in [0.2, 0.25) is 0 Å². The maximum absolute atomic E-state index is 11.7. The van der Waals surface area contributed by atoms with Crippen molar-refractivity contribution < 1.29 is 23.8 Å². The summed E-state index contributed by atoms with van der Waals surface area (Å²) >= 11 is 0. The number of carbonyl (C=O) groups is 2. The Kier molecular flexibility index (Phi) is 5.70. The molecule has 1 aromatic carbocycles. The fourth-order valence-electron chi connectivity index (χ4n) is 1.93. The first kappa shape index (κ1) is 14.7. The SMILES string of the molecule is O=C(OCCOC1CCCCO1)C(=O)c1ccccc1. The largest absolute Gasteiger partial charge is 0.457 e. The third-order valence-electron chi connectivity index (χ3n) is 2.98. The van der Waals surface area contributed by atoms with E-state index in [0.717, 1.165) is 19.3 Å². The Morgan fingerprint density at radius 3 is 2.65 bits per heavy atom. The summed E-state index contributed by atoms with van der Waals surface area (Å²) in [5.41, 5.74) is 0.328. The fourth-order valence-corrected chi connectivity index (χ4v) is 1.93. The first-order chi connectivity index (χ1) is 9.77. The lowest BCUT2D eigenvalue weighted by atomic mass is 10.1. The van der Waals surface area contributed by atoms with Crippen LogP contribution in [-0.4, -0.2) is 37.9 Å². The van der Waals surface area contributed by atoms with Crippen LogP contribution in [0.15, 0.2) is 30.3 Å². The summed E-state index contributed by atoms with van der Waals surface area (Å²) in [6.07, 6.45) is 2.78. The molecule has 20 heavy (non-hydrogen) atoms. The van der Waals surface area contributed by atoms with E-state index in [0.29, 0.717) is 12.2 Å². The molecule has 0 aromatic heterocycles. The number of ether oxygens (including phenoxy) is 3. The topological polar surface area (TPSA) is 61.8 Å². The molecule has 1 aromatic rings. The van der Waals surface area contributed by atoms with Crippen LogP contribution in [-0.2, 0) is 19.0 Å². The number of ketones is 1. The van der Waals surface area contributed by atoms with Crippen LogP contribution in [0.25, 0.3) is 0 Å². The van der Waals surface area contributed by atoms with Crippen LogP contribution in [0.4, 0.5) is 0 Å². The smallest absolute Gasteiger partial charge is 0.379 e. The zero-order valence-electron chi connectivity index (χ0n) is 11.2. The summed E-state index contributed by atoms with van der Waals surface area (Å²) < 4.78 is 15.7. The Morgan fingerprint density at radius 1 is 1.15 bits per heavy atom. The average Bonchev–Trinajstić information content (AvgIpc) is 2.52. The van der Waals surface area contributed by atoms with Crippen LogP contribution in [0.2, 0.25) is 0 Å². The number of benzene rings is 1. The molecule has 5 heteroatoms. The van der Waals surface area contributed by atoms with Gasteiger partial charge in [-0.15, -0.1) is 0 Å². The molecule has 0 N–H and O–H groups in total. The van der Waals surface area contributed by atoms with Crippen molar-refractivity contribution in [3.63, 3.8) is 0 Å². The molecule has 5 nitrogen and oxygen atoms in total.